The first-order chi connectivity index (χ1) is 14.0. The third kappa shape index (κ3) is 6.93. The highest BCUT2D eigenvalue weighted by atomic mass is 35.5. The van der Waals surface area contributed by atoms with Crippen LogP contribution >= 0.6 is 46.3 Å². The van der Waals surface area contributed by atoms with Crippen molar-refractivity contribution in [2.75, 3.05) is 13.7 Å². The quantitative estimate of drug-likeness (QED) is 0.413. The van der Waals surface area contributed by atoms with Crippen molar-refractivity contribution in [3.05, 3.63) is 74.7 Å². The summed E-state index contributed by atoms with van der Waals surface area (Å²) in [5, 5.41) is 6.14. The van der Waals surface area contributed by atoms with Gasteiger partial charge in [0.1, 0.15) is 10.1 Å². The van der Waals surface area contributed by atoms with Crippen LogP contribution in [0, 0.1) is 0 Å². The van der Waals surface area contributed by atoms with Crippen molar-refractivity contribution in [2.24, 2.45) is 0 Å². The van der Waals surface area contributed by atoms with Gasteiger partial charge >= 0.3 is 0 Å². The molecule has 0 saturated carbocycles. The third-order valence-electron chi connectivity index (χ3n) is 4.11. The molecule has 0 saturated heterocycles. The molecular weight excluding hydrogens is 447 g/mol. The summed E-state index contributed by atoms with van der Waals surface area (Å²) in [6, 6.07) is 13.3. The number of methoxy groups -OCH3 is 1. The predicted octanol–water partition coefficient (Wildman–Crippen LogP) is 5.65. The molecule has 152 valence electrons. The van der Waals surface area contributed by atoms with Crippen molar-refractivity contribution in [1.29, 1.82) is 0 Å². The number of hydrogen-bond donors (Lipinski definition) is 1. The SMILES string of the molecule is COc1cccc(CCNC(=O)Cc2csc(SCc3ccc(Cl)cc3Cl)n2)c1. The molecule has 0 aliphatic carbocycles. The molecule has 2 aromatic carbocycles. The second-order valence-electron chi connectivity index (χ2n) is 6.26. The van der Waals surface area contributed by atoms with Gasteiger partial charge in [-0.25, -0.2) is 4.98 Å². The summed E-state index contributed by atoms with van der Waals surface area (Å²) in [5.74, 6) is 1.49. The Morgan fingerprint density at radius 2 is 2.10 bits per heavy atom. The number of nitrogens with zero attached hydrogens (tertiary/aromatic N) is 1. The van der Waals surface area contributed by atoms with Crippen LogP contribution in [0.25, 0.3) is 0 Å². The van der Waals surface area contributed by atoms with E-state index >= 15 is 0 Å². The smallest absolute Gasteiger partial charge is 0.226 e. The standard InChI is InChI=1S/C21H20Cl2N2O2S2/c1-27-18-4-2-3-14(9-18)7-8-24-20(26)11-17-13-29-21(25-17)28-12-15-5-6-16(22)10-19(15)23/h2-6,9-10,13H,7-8,11-12H2,1H3,(H,24,26). The highest BCUT2D eigenvalue weighted by molar-refractivity contribution is 8.00. The topological polar surface area (TPSA) is 51.2 Å². The van der Waals surface area contributed by atoms with Crippen LogP contribution in [-0.2, 0) is 23.4 Å². The number of halogens is 2. The van der Waals surface area contributed by atoms with E-state index < -0.39 is 0 Å². The number of nitrogens with one attached hydrogen (secondary N) is 1. The molecule has 1 amide bonds. The van der Waals surface area contributed by atoms with Gasteiger partial charge in [-0.1, -0.05) is 53.2 Å². The van der Waals surface area contributed by atoms with Gasteiger partial charge in [0.25, 0.3) is 0 Å². The number of rotatable bonds is 9. The molecule has 0 bridgehead atoms. The lowest BCUT2D eigenvalue weighted by Crippen LogP contribution is -2.27. The van der Waals surface area contributed by atoms with Crippen LogP contribution in [0.1, 0.15) is 16.8 Å². The van der Waals surface area contributed by atoms with Crippen LogP contribution in [0.5, 0.6) is 5.75 Å². The highest BCUT2D eigenvalue weighted by Gasteiger charge is 2.09. The summed E-state index contributed by atoms with van der Waals surface area (Å²) in [6.45, 7) is 0.576. The van der Waals surface area contributed by atoms with Gasteiger partial charge < -0.3 is 10.1 Å². The number of carbonyl (C=O) groups excluding carboxylic acids is 1. The fraction of sp³-hybridized carbons (Fsp3) is 0.238. The van der Waals surface area contributed by atoms with E-state index in [4.69, 9.17) is 27.9 Å². The Labute approximate surface area is 188 Å². The van der Waals surface area contributed by atoms with Gasteiger partial charge in [0.05, 0.1) is 19.2 Å². The molecule has 0 unspecified atom stereocenters. The molecule has 4 nitrogen and oxygen atoms in total. The maximum absolute atomic E-state index is 12.2. The molecule has 0 atom stereocenters. The molecule has 3 aromatic rings. The molecule has 3 rings (SSSR count). The maximum atomic E-state index is 12.2. The molecule has 1 N–H and O–H groups in total. The van der Waals surface area contributed by atoms with E-state index in [0.29, 0.717) is 22.3 Å². The van der Waals surface area contributed by atoms with Gasteiger partial charge in [-0.2, -0.15) is 0 Å². The predicted molar refractivity (Wildman–Crippen MR) is 122 cm³/mol. The summed E-state index contributed by atoms with van der Waals surface area (Å²) in [6.07, 6.45) is 1.03. The van der Waals surface area contributed by atoms with Crippen molar-refractivity contribution < 1.29 is 9.53 Å². The van der Waals surface area contributed by atoms with Gasteiger partial charge in [-0.15, -0.1) is 11.3 Å². The van der Waals surface area contributed by atoms with Crippen LogP contribution in [-0.4, -0.2) is 24.5 Å². The van der Waals surface area contributed by atoms with E-state index in [1.54, 1.807) is 24.9 Å². The first-order valence-corrected chi connectivity index (χ1v) is 11.6. The Bertz CT molecular complexity index is 979. The number of aromatic nitrogens is 1. The van der Waals surface area contributed by atoms with Crippen molar-refractivity contribution in [3.8, 4) is 5.75 Å². The largest absolute Gasteiger partial charge is 0.497 e. The van der Waals surface area contributed by atoms with E-state index in [1.807, 2.05) is 41.8 Å². The molecular formula is C21H20Cl2N2O2S2. The number of thiazole rings is 1. The molecule has 0 spiro atoms. The van der Waals surface area contributed by atoms with Crippen molar-refractivity contribution >= 4 is 52.2 Å². The van der Waals surface area contributed by atoms with Gasteiger partial charge in [-0.05, 0) is 41.8 Å². The lowest BCUT2D eigenvalue weighted by atomic mass is 10.1. The zero-order valence-corrected chi connectivity index (χ0v) is 18.9. The van der Waals surface area contributed by atoms with E-state index in [-0.39, 0.29) is 12.3 Å². The fourth-order valence-electron chi connectivity index (χ4n) is 2.62. The molecule has 0 fully saturated rings. The lowest BCUT2D eigenvalue weighted by molar-refractivity contribution is -0.120. The van der Waals surface area contributed by atoms with Crippen molar-refractivity contribution in [3.63, 3.8) is 0 Å². The third-order valence-corrected chi connectivity index (χ3v) is 6.81. The number of thioether (sulfide) groups is 1. The minimum Gasteiger partial charge on any atom is -0.497 e. The molecule has 1 heterocycles. The summed E-state index contributed by atoms with van der Waals surface area (Å²) >= 11 is 15.3. The Hall–Kier alpha value is -1.73. The highest BCUT2D eigenvalue weighted by Crippen LogP contribution is 2.30. The normalized spacial score (nSPS) is 10.7. The Morgan fingerprint density at radius 3 is 2.90 bits per heavy atom. The number of benzene rings is 2. The minimum atomic E-state index is -0.0320. The molecule has 0 aliphatic heterocycles. The van der Waals surface area contributed by atoms with Gasteiger partial charge in [0.2, 0.25) is 5.91 Å². The van der Waals surface area contributed by atoms with Crippen LogP contribution in [0.2, 0.25) is 10.0 Å². The van der Waals surface area contributed by atoms with Gasteiger partial charge in [0.15, 0.2) is 0 Å². The second kappa shape index (κ2) is 10.9. The van der Waals surface area contributed by atoms with E-state index in [1.165, 1.54) is 11.3 Å². The maximum Gasteiger partial charge on any atom is 0.226 e. The van der Waals surface area contributed by atoms with Crippen LogP contribution in [0.15, 0.2) is 52.2 Å². The second-order valence-corrected chi connectivity index (χ2v) is 9.18. The van der Waals surface area contributed by atoms with Crippen LogP contribution in [0.4, 0.5) is 0 Å². The first-order valence-electron chi connectivity index (χ1n) is 8.94. The van der Waals surface area contributed by atoms with E-state index in [0.717, 1.165) is 33.3 Å². The Kier molecular flexibility index (Phi) is 8.24. The lowest BCUT2D eigenvalue weighted by Gasteiger charge is -2.06. The van der Waals surface area contributed by atoms with Crippen LogP contribution < -0.4 is 10.1 Å². The molecule has 29 heavy (non-hydrogen) atoms. The van der Waals surface area contributed by atoms with Gasteiger partial charge in [-0.3, -0.25) is 4.79 Å². The monoisotopic (exact) mass is 466 g/mol. The summed E-state index contributed by atoms with van der Waals surface area (Å²) in [5.41, 5.74) is 2.91. The van der Waals surface area contributed by atoms with Crippen LogP contribution in [0.3, 0.4) is 0 Å². The number of carbonyl (C=O) groups is 1. The summed E-state index contributed by atoms with van der Waals surface area (Å²) < 4.78 is 6.13. The van der Waals surface area contributed by atoms with Gasteiger partial charge in [0, 0.05) is 27.7 Å². The molecule has 8 heteroatoms. The van der Waals surface area contributed by atoms with Crippen molar-refractivity contribution in [1.82, 2.24) is 10.3 Å². The molecule has 0 aliphatic rings. The van der Waals surface area contributed by atoms with Crippen molar-refractivity contribution in [2.45, 2.75) is 22.9 Å². The number of ether oxygens (including phenoxy) is 1. The molecule has 1 aromatic heterocycles. The summed E-state index contributed by atoms with van der Waals surface area (Å²) in [7, 11) is 1.64. The summed E-state index contributed by atoms with van der Waals surface area (Å²) in [4.78, 5) is 16.7. The first kappa shape index (κ1) is 22.0. The van der Waals surface area contributed by atoms with E-state index in [9.17, 15) is 4.79 Å². The molecule has 0 radical (unpaired) electrons. The Morgan fingerprint density at radius 1 is 1.24 bits per heavy atom. The number of hydrogen-bond acceptors (Lipinski definition) is 5. The fourth-order valence-corrected chi connectivity index (χ4v) is 5.02. The average Bonchev–Trinajstić information content (AvgIpc) is 3.14. The Balaban J connectivity index is 1.43. The zero-order chi connectivity index (χ0) is 20.6. The van der Waals surface area contributed by atoms with E-state index in [2.05, 4.69) is 10.3 Å². The number of amides is 1. The minimum absolute atomic E-state index is 0.0320. The zero-order valence-electron chi connectivity index (χ0n) is 15.8. The average molecular weight is 467 g/mol.